The van der Waals surface area contributed by atoms with Crippen LogP contribution >= 0.6 is 11.6 Å². The number of hydrogen-bond donors (Lipinski definition) is 0. The van der Waals surface area contributed by atoms with E-state index in [-0.39, 0.29) is 0 Å². The molecule has 0 amide bonds. The molecule has 56 valence electrons. The molecule has 0 fully saturated rings. The minimum Gasteiger partial charge on any atom is -0.274 e. The Bertz CT molecular complexity index is 394. The van der Waals surface area contributed by atoms with Gasteiger partial charge < -0.3 is 0 Å². The lowest BCUT2D eigenvalue weighted by Crippen LogP contribution is -1.86. The van der Waals surface area contributed by atoms with Crippen LogP contribution in [0.3, 0.4) is 0 Å². The summed E-state index contributed by atoms with van der Waals surface area (Å²) < 4.78 is 1.68. The third-order valence-electron chi connectivity index (χ3n) is 1.39. The highest BCUT2D eigenvalue weighted by molar-refractivity contribution is 6.33. The molecule has 2 heterocycles. The second-order valence-corrected chi connectivity index (χ2v) is 2.60. The standard InChI is InChI=1S/C6H5ClN4/c1-11-3-4-2-8-9-6(7)5(4)10-11/h2-3H,1H3. The number of aromatic nitrogens is 4. The van der Waals surface area contributed by atoms with Gasteiger partial charge in [0.2, 0.25) is 0 Å². The molecule has 0 bridgehead atoms. The molecule has 0 saturated heterocycles. The summed E-state index contributed by atoms with van der Waals surface area (Å²) in [6.45, 7) is 0. The van der Waals surface area contributed by atoms with Gasteiger partial charge in [0.05, 0.1) is 6.20 Å². The van der Waals surface area contributed by atoms with Crippen molar-refractivity contribution >= 4 is 22.5 Å². The molecule has 5 heteroatoms. The van der Waals surface area contributed by atoms with Crippen molar-refractivity contribution in [3.05, 3.63) is 17.5 Å². The summed E-state index contributed by atoms with van der Waals surface area (Å²) in [6, 6.07) is 0. The van der Waals surface area contributed by atoms with Crippen LogP contribution in [0, 0.1) is 0 Å². The highest BCUT2D eigenvalue weighted by Gasteiger charge is 2.03. The summed E-state index contributed by atoms with van der Waals surface area (Å²) >= 11 is 5.72. The van der Waals surface area contributed by atoms with E-state index in [1.54, 1.807) is 10.9 Å². The first kappa shape index (κ1) is 6.54. The van der Waals surface area contributed by atoms with Gasteiger partial charge in [-0.25, -0.2) is 0 Å². The summed E-state index contributed by atoms with van der Waals surface area (Å²) in [5.74, 6) is 0. The zero-order valence-corrected chi connectivity index (χ0v) is 6.58. The average Bonchev–Trinajstić information content (AvgIpc) is 2.31. The first-order valence-corrected chi connectivity index (χ1v) is 3.46. The van der Waals surface area contributed by atoms with Gasteiger partial charge in [0, 0.05) is 18.6 Å². The minimum atomic E-state index is 0.350. The van der Waals surface area contributed by atoms with Crippen molar-refractivity contribution < 1.29 is 0 Å². The molecule has 0 aliphatic heterocycles. The predicted molar refractivity (Wildman–Crippen MR) is 41.3 cm³/mol. The fourth-order valence-electron chi connectivity index (χ4n) is 0.951. The maximum atomic E-state index is 5.72. The van der Waals surface area contributed by atoms with Crippen molar-refractivity contribution in [3.8, 4) is 0 Å². The molecule has 11 heavy (non-hydrogen) atoms. The molecule has 0 unspecified atom stereocenters. The molecular weight excluding hydrogens is 164 g/mol. The summed E-state index contributed by atoms with van der Waals surface area (Å²) in [6.07, 6.45) is 3.48. The molecule has 0 atom stereocenters. The van der Waals surface area contributed by atoms with E-state index in [0.29, 0.717) is 10.7 Å². The Kier molecular flexibility index (Phi) is 1.29. The van der Waals surface area contributed by atoms with Crippen molar-refractivity contribution in [1.29, 1.82) is 0 Å². The highest BCUT2D eigenvalue weighted by Crippen LogP contribution is 2.16. The Labute approximate surface area is 67.8 Å². The normalized spacial score (nSPS) is 10.7. The molecule has 0 saturated carbocycles. The summed E-state index contributed by atoms with van der Waals surface area (Å²) in [5, 5.41) is 12.7. The fourth-order valence-corrected chi connectivity index (χ4v) is 1.14. The van der Waals surface area contributed by atoms with E-state index in [4.69, 9.17) is 11.6 Å². The summed E-state index contributed by atoms with van der Waals surface area (Å²) in [4.78, 5) is 0. The first-order valence-electron chi connectivity index (χ1n) is 3.08. The zero-order chi connectivity index (χ0) is 7.84. The van der Waals surface area contributed by atoms with Crippen LogP contribution < -0.4 is 0 Å². The van der Waals surface area contributed by atoms with Gasteiger partial charge in [0.15, 0.2) is 5.15 Å². The second kappa shape index (κ2) is 2.17. The topological polar surface area (TPSA) is 43.6 Å². The lowest BCUT2D eigenvalue weighted by atomic mass is 10.4. The molecule has 2 aromatic heterocycles. The monoisotopic (exact) mass is 168 g/mol. The fraction of sp³-hybridized carbons (Fsp3) is 0.167. The lowest BCUT2D eigenvalue weighted by molar-refractivity contribution is 0.779. The van der Waals surface area contributed by atoms with Gasteiger partial charge in [0.1, 0.15) is 5.52 Å². The number of aryl methyl sites for hydroxylation is 1. The maximum Gasteiger partial charge on any atom is 0.179 e. The lowest BCUT2D eigenvalue weighted by Gasteiger charge is -1.85. The SMILES string of the molecule is Cn1cc2cnnc(Cl)c2n1. The third-order valence-corrected chi connectivity index (χ3v) is 1.65. The molecule has 0 spiro atoms. The molecule has 4 nitrogen and oxygen atoms in total. The molecule has 0 N–H and O–H groups in total. The van der Waals surface area contributed by atoms with Gasteiger partial charge in [-0.05, 0) is 0 Å². The predicted octanol–water partition coefficient (Wildman–Crippen LogP) is 1.02. The Balaban J connectivity index is 2.90. The van der Waals surface area contributed by atoms with Gasteiger partial charge in [-0.15, -0.1) is 5.10 Å². The minimum absolute atomic E-state index is 0.350. The summed E-state index contributed by atoms with van der Waals surface area (Å²) in [5.41, 5.74) is 0.698. The van der Waals surface area contributed by atoms with Crippen LogP contribution in [0.1, 0.15) is 0 Å². The van der Waals surface area contributed by atoms with Gasteiger partial charge in [0.25, 0.3) is 0 Å². The molecule has 0 radical (unpaired) electrons. The highest BCUT2D eigenvalue weighted by atomic mass is 35.5. The molecule has 0 aliphatic rings. The number of hydrogen-bond acceptors (Lipinski definition) is 3. The van der Waals surface area contributed by atoms with Crippen molar-refractivity contribution in [2.24, 2.45) is 7.05 Å². The Morgan fingerprint density at radius 1 is 1.55 bits per heavy atom. The number of nitrogens with zero attached hydrogens (tertiary/aromatic N) is 4. The van der Waals surface area contributed by atoms with Crippen LogP contribution in [0.4, 0.5) is 0 Å². The Morgan fingerprint density at radius 2 is 2.36 bits per heavy atom. The van der Waals surface area contributed by atoms with E-state index in [2.05, 4.69) is 15.3 Å². The quantitative estimate of drug-likeness (QED) is 0.590. The van der Waals surface area contributed by atoms with E-state index >= 15 is 0 Å². The van der Waals surface area contributed by atoms with E-state index in [0.717, 1.165) is 5.39 Å². The average molecular weight is 169 g/mol. The van der Waals surface area contributed by atoms with Crippen LogP contribution in [0.2, 0.25) is 5.15 Å². The van der Waals surface area contributed by atoms with E-state index in [9.17, 15) is 0 Å². The Hall–Kier alpha value is -1.16. The molecule has 0 aromatic carbocycles. The van der Waals surface area contributed by atoms with E-state index < -0.39 is 0 Å². The van der Waals surface area contributed by atoms with Crippen LogP contribution in [0.15, 0.2) is 12.4 Å². The van der Waals surface area contributed by atoms with E-state index in [1.165, 1.54) is 0 Å². The summed E-state index contributed by atoms with van der Waals surface area (Å²) in [7, 11) is 1.83. The van der Waals surface area contributed by atoms with Gasteiger partial charge in [-0.3, -0.25) is 4.68 Å². The number of rotatable bonds is 0. The number of fused-ring (bicyclic) bond motifs is 1. The van der Waals surface area contributed by atoms with Crippen molar-refractivity contribution in [1.82, 2.24) is 20.0 Å². The van der Waals surface area contributed by atoms with Crippen molar-refractivity contribution in [3.63, 3.8) is 0 Å². The Morgan fingerprint density at radius 3 is 3.09 bits per heavy atom. The van der Waals surface area contributed by atoms with Crippen LogP contribution in [-0.2, 0) is 7.05 Å². The second-order valence-electron chi connectivity index (χ2n) is 2.24. The zero-order valence-electron chi connectivity index (χ0n) is 5.82. The molecular formula is C6H5ClN4. The van der Waals surface area contributed by atoms with Gasteiger partial charge in [-0.2, -0.15) is 10.2 Å². The molecule has 0 aliphatic carbocycles. The largest absolute Gasteiger partial charge is 0.274 e. The third kappa shape index (κ3) is 0.952. The molecule has 2 aromatic rings. The van der Waals surface area contributed by atoms with Crippen LogP contribution in [0.25, 0.3) is 10.9 Å². The number of halogens is 1. The molecule has 2 rings (SSSR count). The maximum absolute atomic E-state index is 5.72. The van der Waals surface area contributed by atoms with Gasteiger partial charge >= 0.3 is 0 Å². The smallest absolute Gasteiger partial charge is 0.179 e. The first-order chi connectivity index (χ1) is 5.27. The van der Waals surface area contributed by atoms with Crippen molar-refractivity contribution in [2.45, 2.75) is 0 Å². The van der Waals surface area contributed by atoms with Crippen molar-refractivity contribution in [2.75, 3.05) is 0 Å². The van der Waals surface area contributed by atoms with Crippen LogP contribution in [-0.4, -0.2) is 20.0 Å². The van der Waals surface area contributed by atoms with Gasteiger partial charge in [-0.1, -0.05) is 11.6 Å². The van der Waals surface area contributed by atoms with E-state index in [1.807, 2.05) is 13.2 Å². The van der Waals surface area contributed by atoms with Crippen LogP contribution in [0.5, 0.6) is 0 Å².